The van der Waals surface area contributed by atoms with E-state index in [-0.39, 0.29) is 24.4 Å². The van der Waals surface area contributed by atoms with Gasteiger partial charge >= 0.3 is 12.0 Å². The molecule has 1 aliphatic heterocycles. The molecule has 1 aliphatic rings. The van der Waals surface area contributed by atoms with Crippen molar-refractivity contribution in [1.29, 1.82) is 0 Å². The highest BCUT2D eigenvalue weighted by Crippen LogP contribution is 2.36. The van der Waals surface area contributed by atoms with Gasteiger partial charge in [0.1, 0.15) is 18.1 Å². The molecule has 42 heavy (non-hydrogen) atoms. The van der Waals surface area contributed by atoms with Crippen LogP contribution in [-0.2, 0) is 16.0 Å². The van der Waals surface area contributed by atoms with Crippen molar-refractivity contribution in [3.8, 4) is 11.5 Å². The Balaban J connectivity index is 1.47. The second-order valence-electron chi connectivity index (χ2n) is 10.0. The fourth-order valence-electron chi connectivity index (χ4n) is 5.21. The number of carbonyl (C=O) groups excluding carboxylic acids is 3. The van der Waals surface area contributed by atoms with E-state index in [0.29, 0.717) is 41.6 Å². The molecule has 3 aromatic carbocycles. The number of para-hydroxylation sites is 1. The van der Waals surface area contributed by atoms with Crippen LogP contribution in [0.5, 0.6) is 11.5 Å². The van der Waals surface area contributed by atoms with E-state index in [9.17, 15) is 14.4 Å². The second kappa shape index (κ2) is 13.8. The minimum absolute atomic E-state index is 0.00471. The highest BCUT2D eigenvalue weighted by molar-refractivity contribution is 6.01. The SMILES string of the molecule is CNC(=O)N(c1ccccc1C)c1ccc(CC(=O)N2CCCC2COc2ccc(C(=O)OC)c(NC)c2)cc1OC. The summed E-state index contributed by atoms with van der Waals surface area (Å²) in [5.41, 5.74) is 4.06. The minimum Gasteiger partial charge on any atom is -0.495 e. The number of rotatable bonds is 10. The molecule has 0 saturated carbocycles. The van der Waals surface area contributed by atoms with Gasteiger partial charge in [-0.1, -0.05) is 24.3 Å². The second-order valence-corrected chi connectivity index (χ2v) is 10.0. The molecule has 1 atom stereocenters. The van der Waals surface area contributed by atoms with Crippen molar-refractivity contribution in [2.75, 3.05) is 51.7 Å². The first-order valence-corrected chi connectivity index (χ1v) is 13.9. The Labute approximate surface area is 246 Å². The van der Waals surface area contributed by atoms with Crippen molar-refractivity contribution in [2.45, 2.75) is 32.2 Å². The highest BCUT2D eigenvalue weighted by Gasteiger charge is 2.30. The van der Waals surface area contributed by atoms with E-state index in [1.807, 2.05) is 54.3 Å². The number of esters is 1. The maximum Gasteiger partial charge on any atom is 0.339 e. The van der Waals surface area contributed by atoms with Crippen LogP contribution in [0.2, 0.25) is 0 Å². The zero-order valence-corrected chi connectivity index (χ0v) is 24.7. The van der Waals surface area contributed by atoms with Crippen LogP contribution in [0.1, 0.15) is 34.3 Å². The lowest BCUT2D eigenvalue weighted by Gasteiger charge is -2.27. The van der Waals surface area contributed by atoms with Crippen molar-refractivity contribution < 1.29 is 28.6 Å². The van der Waals surface area contributed by atoms with Crippen LogP contribution < -0.4 is 25.0 Å². The molecule has 0 bridgehead atoms. The topological polar surface area (TPSA) is 109 Å². The Morgan fingerprint density at radius 1 is 1.00 bits per heavy atom. The van der Waals surface area contributed by atoms with Gasteiger partial charge in [0.15, 0.2) is 0 Å². The first kappa shape index (κ1) is 30.2. The number of ether oxygens (including phenoxy) is 3. The minimum atomic E-state index is -0.431. The Bertz CT molecular complexity index is 1440. The molecule has 3 amide bonds. The lowest BCUT2D eigenvalue weighted by molar-refractivity contribution is -0.131. The Hall–Kier alpha value is -4.73. The standard InChI is InChI=1S/C32H38N4O6/c1-21-9-6-7-11-27(21)36(32(39)34-3)28-15-12-22(17-29(28)40-4)18-30(37)35-16-8-10-23(35)20-42-24-13-14-25(31(38)41-5)26(19-24)33-2/h6-7,9,11-15,17,19,23,33H,8,10,16,18,20H2,1-5H3,(H,34,39). The molecule has 0 aliphatic carbocycles. The maximum atomic E-state index is 13.4. The molecule has 1 fully saturated rings. The predicted octanol–water partition coefficient (Wildman–Crippen LogP) is 4.92. The Morgan fingerprint density at radius 3 is 2.48 bits per heavy atom. The van der Waals surface area contributed by atoms with E-state index >= 15 is 0 Å². The fraction of sp³-hybridized carbons (Fsp3) is 0.344. The lowest BCUT2D eigenvalue weighted by Crippen LogP contribution is -2.40. The van der Waals surface area contributed by atoms with Crippen molar-refractivity contribution in [2.24, 2.45) is 0 Å². The number of aryl methyl sites for hydroxylation is 1. The predicted molar refractivity (Wildman–Crippen MR) is 162 cm³/mol. The molecule has 4 rings (SSSR count). The molecular formula is C32H38N4O6. The number of methoxy groups -OCH3 is 2. The summed E-state index contributed by atoms with van der Waals surface area (Å²) < 4.78 is 16.6. The summed E-state index contributed by atoms with van der Waals surface area (Å²) in [6.45, 7) is 2.94. The van der Waals surface area contributed by atoms with Gasteiger partial charge in [0, 0.05) is 26.7 Å². The van der Waals surface area contributed by atoms with Gasteiger partial charge in [0.05, 0.1) is 49.3 Å². The summed E-state index contributed by atoms with van der Waals surface area (Å²) in [5, 5.41) is 5.70. The largest absolute Gasteiger partial charge is 0.495 e. The summed E-state index contributed by atoms with van der Waals surface area (Å²) >= 11 is 0. The smallest absolute Gasteiger partial charge is 0.339 e. The van der Waals surface area contributed by atoms with Crippen molar-refractivity contribution >= 4 is 35.0 Å². The van der Waals surface area contributed by atoms with Gasteiger partial charge < -0.3 is 29.7 Å². The normalized spacial score (nSPS) is 14.2. The van der Waals surface area contributed by atoms with Crippen LogP contribution in [0.4, 0.5) is 21.9 Å². The molecule has 0 spiro atoms. The van der Waals surface area contributed by atoms with E-state index in [1.54, 1.807) is 44.3 Å². The van der Waals surface area contributed by atoms with Gasteiger partial charge in [0.25, 0.3) is 0 Å². The van der Waals surface area contributed by atoms with E-state index in [0.717, 1.165) is 29.7 Å². The third-order valence-electron chi connectivity index (χ3n) is 7.42. The fourth-order valence-corrected chi connectivity index (χ4v) is 5.21. The number of anilines is 3. The molecule has 10 heteroatoms. The summed E-state index contributed by atoms with van der Waals surface area (Å²) in [4.78, 5) is 41.8. The number of hydrogen-bond donors (Lipinski definition) is 2. The lowest BCUT2D eigenvalue weighted by atomic mass is 10.1. The average molecular weight is 575 g/mol. The zero-order chi connectivity index (χ0) is 30.2. The molecule has 1 unspecified atom stereocenters. The van der Waals surface area contributed by atoms with Gasteiger partial charge in [-0.25, -0.2) is 9.59 Å². The first-order valence-electron chi connectivity index (χ1n) is 13.9. The van der Waals surface area contributed by atoms with Crippen LogP contribution in [-0.4, -0.2) is 70.3 Å². The van der Waals surface area contributed by atoms with Gasteiger partial charge in [-0.2, -0.15) is 0 Å². The third kappa shape index (κ3) is 6.59. The van der Waals surface area contributed by atoms with Gasteiger partial charge in [-0.3, -0.25) is 9.69 Å². The van der Waals surface area contributed by atoms with Gasteiger partial charge in [-0.15, -0.1) is 0 Å². The van der Waals surface area contributed by atoms with Gasteiger partial charge in [0.2, 0.25) is 5.91 Å². The number of likely N-dealkylation sites (tertiary alicyclic amines) is 1. The highest BCUT2D eigenvalue weighted by atomic mass is 16.5. The number of benzene rings is 3. The number of nitrogens with zero attached hydrogens (tertiary/aromatic N) is 2. The van der Waals surface area contributed by atoms with E-state index in [2.05, 4.69) is 10.6 Å². The van der Waals surface area contributed by atoms with Crippen molar-refractivity contribution in [3.05, 3.63) is 77.4 Å². The van der Waals surface area contributed by atoms with Crippen molar-refractivity contribution in [1.82, 2.24) is 10.2 Å². The third-order valence-corrected chi connectivity index (χ3v) is 7.42. The maximum absolute atomic E-state index is 13.4. The molecule has 10 nitrogen and oxygen atoms in total. The van der Waals surface area contributed by atoms with E-state index in [4.69, 9.17) is 14.2 Å². The average Bonchev–Trinajstić information content (AvgIpc) is 3.49. The molecule has 1 saturated heterocycles. The molecule has 3 aromatic rings. The monoisotopic (exact) mass is 574 g/mol. The number of amides is 3. The number of carbonyl (C=O) groups is 3. The van der Waals surface area contributed by atoms with E-state index in [1.165, 1.54) is 7.11 Å². The van der Waals surface area contributed by atoms with Crippen LogP contribution in [0.3, 0.4) is 0 Å². The van der Waals surface area contributed by atoms with Crippen LogP contribution in [0.25, 0.3) is 0 Å². The van der Waals surface area contributed by atoms with Crippen LogP contribution in [0.15, 0.2) is 60.7 Å². The molecule has 1 heterocycles. The number of urea groups is 1. The summed E-state index contributed by atoms with van der Waals surface area (Å²) in [7, 11) is 6.20. The van der Waals surface area contributed by atoms with Crippen LogP contribution in [0, 0.1) is 6.92 Å². The summed E-state index contributed by atoms with van der Waals surface area (Å²) in [5.74, 6) is 0.653. The molecule has 2 N–H and O–H groups in total. The van der Waals surface area contributed by atoms with Crippen LogP contribution >= 0.6 is 0 Å². The number of nitrogens with one attached hydrogen (secondary N) is 2. The molecular weight excluding hydrogens is 536 g/mol. The summed E-state index contributed by atoms with van der Waals surface area (Å²) in [6.07, 6.45) is 1.92. The quantitative estimate of drug-likeness (QED) is 0.331. The molecule has 0 radical (unpaired) electrons. The van der Waals surface area contributed by atoms with Gasteiger partial charge in [-0.05, 0) is 61.2 Å². The molecule has 222 valence electrons. The Kier molecular flexibility index (Phi) is 9.90. The first-order chi connectivity index (χ1) is 20.3. The molecule has 0 aromatic heterocycles. The zero-order valence-electron chi connectivity index (χ0n) is 24.7. The summed E-state index contributed by atoms with van der Waals surface area (Å²) in [6, 6.07) is 17.9. The Morgan fingerprint density at radius 2 is 1.79 bits per heavy atom. The van der Waals surface area contributed by atoms with E-state index < -0.39 is 5.97 Å². The number of hydrogen-bond acceptors (Lipinski definition) is 7. The van der Waals surface area contributed by atoms with Crippen molar-refractivity contribution in [3.63, 3.8) is 0 Å².